The number of thiazole rings is 1. The van der Waals surface area contributed by atoms with Gasteiger partial charge in [-0.05, 0) is 19.3 Å². The SMILES string of the molecule is O=C(O)[C@H]1CCCCN1C(=O)c1cncs1. The minimum absolute atomic E-state index is 0.213. The number of aromatic nitrogens is 1. The number of nitrogens with zero attached hydrogens (tertiary/aromatic N) is 2. The second kappa shape index (κ2) is 4.61. The van der Waals surface area contributed by atoms with Gasteiger partial charge in [0.05, 0.1) is 11.7 Å². The van der Waals surface area contributed by atoms with Crippen molar-refractivity contribution in [2.24, 2.45) is 0 Å². The van der Waals surface area contributed by atoms with E-state index >= 15 is 0 Å². The van der Waals surface area contributed by atoms with Crippen LogP contribution in [-0.4, -0.2) is 39.5 Å². The Balaban J connectivity index is 2.17. The van der Waals surface area contributed by atoms with Crippen LogP contribution in [-0.2, 0) is 4.79 Å². The van der Waals surface area contributed by atoms with Crippen molar-refractivity contribution in [3.05, 3.63) is 16.6 Å². The van der Waals surface area contributed by atoms with E-state index in [1.165, 1.54) is 22.4 Å². The number of carboxylic acids is 1. The summed E-state index contributed by atoms with van der Waals surface area (Å²) in [5.74, 6) is -1.13. The third kappa shape index (κ3) is 2.06. The van der Waals surface area contributed by atoms with Crippen LogP contribution in [0.4, 0.5) is 0 Å². The molecule has 1 aliphatic heterocycles. The van der Waals surface area contributed by atoms with E-state index in [0.717, 1.165) is 12.8 Å². The molecule has 5 nitrogen and oxygen atoms in total. The highest BCUT2D eigenvalue weighted by atomic mass is 32.1. The number of carbonyl (C=O) groups excluding carboxylic acids is 1. The Morgan fingerprint density at radius 3 is 2.94 bits per heavy atom. The molecule has 6 heteroatoms. The average molecular weight is 240 g/mol. The van der Waals surface area contributed by atoms with E-state index in [9.17, 15) is 9.59 Å². The summed E-state index contributed by atoms with van der Waals surface area (Å²) in [6, 6.07) is -0.677. The maximum absolute atomic E-state index is 12.0. The number of rotatable bonds is 2. The zero-order valence-electron chi connectivity index (χ0n) is 8.63. The van der Waals surface area contributed by atoms with Gasteiger partial charge in [0.1, 0.15) is 10.9 Å². The molecule has 2 rings (SSSR count). The standard InChI is InChI=1S/C10H12N2O3S/c13-9(8-5-11-6-16-8)12-4-2-1-3-7(12)10(14)15/h5-7H,1-4H2,(H,14,15)/t7-/m1/s1. The largest absolute Gasteiger partial charge is 0.480 e. The summed E-state index contributed by atoms with van der Waals surface area (Å²) in [5, 5.41) is 9.05. The van der Waals surface area contributed by atoms with Crippen molar-refractivity contribution in [2.75, 3.05) is 6.54 Å². The molecule has 16 heavy (non-hydrogen) atoms. The molecule has 1 fully saturated rings. The highest BCUT2D eigenvalue weighted by Crippen LogP contribution is 2.21. The van der Waals surface area contributed by atoms with E-state index in [1.807, 2.05) is 0 Å². The Kier molecular flexibility index (Phi) is 3.19. The molecule has 2 heterocycles. The predicted octanol–water partition coefficient (Wildman–Crippen LogP) is 1.22. The summed E-state index contributed by atoms with van der Waals surface area (Å²) in [6.45, 7) is 0.522. The van der Waals surface area contributed by atoms with E-state index in [0.29, 0.717) is 17.8 Å². The van der Waals surface area contributed by atoms with Crippen molar-refractivity contribution >= 4 is 23.2 Å². The molecular weight excluding hydrogens is 228 g/mol. The monoisotopic (exact) mass is 240 g/mol. The fourth-order valence-corrected chi connectivity index (χ4v) is 2.47. The molecule has 1 aliphatic rings. The number of carboxylic acid groups (broad SMARTS) is 1. The first-order valence-corrected chi connectivity index (χ1v) is 6.00. The van der Waals surface area contributed by atoms with Gasteiger partial charge in [0.15, 0.2) is 0 Å². The van der Waals surface area contributed by atoms with Crippen LogP contribution in [0.3, 0.4) is 0 Å². The van der Waals surface area contributed by atoms with Crippen molar-refractivity contribution in [3.63, 3.8) is 0 Å². The summed E-state index contributed by atoms with van der Waals surface area (Å²) in [7, 11) is 0. The lowest BCUT2D eigenvalue weighted by atomic mass is 10.0. The Labute approximate surface area is 96.7 Å². The Bertz CT molecular complexity index is 391. The van der Waals surface area contributed by atoms with E-state index in [2.05, 4.69) is 4.98 Å². The summed E-state index contributed by atoms with van der Waals surface area (Å²) in [4.78, 5) is 28.8. The predicted molar refractivity (Wildman–Crippen MR) is 58.4 cm³/mol. The summed E-state index contributed by atoms with van der Waals surface area (Å²) in [5.41, 5.74) is 1.58. The molecule has 1 atom stereocenters. The highest BCUT2D eigenvalue weighted by molar-refractivity contribution is 7.11. The summed E-state index contributed by atoms with van der Waals surface area (Å²) >= 11 is 1.24. The molecular formula is C10H12N2O3S. The summed E-state index contributed by atoms with van der Waals surface area (Å²) < 4.78 is 0. The van der Waals surface area contributed by atoms with Gasteiger partial charge in [0.25, 0.3) is 5.91 Å². The van der Waals surface area contributed by atoms with Crippen molar-refractivity contribution in [1.82, 2.24) is 9.88 Å². The van der Waals surface area contributed by atoms with Crippen LogP contribution in [0.2, 0.25) is 0 Å². The first-order valence-electron chi connectivity index (χ1n) is 5.12. The molecule has 1 saturated heterocycles. The Morgan fingerprint density at radius 1 is 1.50 bits per heavy atom. The molecule has 1 aromatic heterocycles. The van der Waals surface area contributed by atoms with Crippen LogP contribution in [0.5, 0.6) is 0 Å². The number of piperidine rings is 1. The van der Waals surface area contributed by atoms with Gasteiger partial charge in [0.2, 0.25) is 0 Å². The lowest BCUT2D eigenvalue weighted by Crippen LogP contribution is -2.47. The fraction of sp³-hybridized carbons (Fsp3) is 0.500. The third-order valence-electron chi connectivity index (χ3n) is 2.69. The Hall–Kier alpha value is -1.43. The van der Waals surface area contributed by atoms with Gasteiger partial charge in [-0.2, -0.15) is 0 Å². The summed E-state index contributed by atoms with van der Waals surface area (Å²) in [6.07, 6.45) is 3.76. The van der Waals surface area contributed by atoms with Crippen molar-refractivity contribution < 1.29 is 14.7 Å². The van der Waals surface area contributed by atoms with Gasteiger partial charge in [0, 0.05) is 6.54 Å². The quantitative estimate of drug-likeness (QED) is 0.843. The second-order valence-corrected chi connectivity index (χ2v) is 4.60. The normalized spacial score (nSPS) is 20.8. The first-order chi connectivity index (χ1) is 7.70. The molecule has 1 aromatic rings. The third-order valence-corrected chi connectivity index (χ3v) is 3.45. The molecule has 0 unspecified atom stereocenters. The maximum atomic E-state index is 12.0. The zero-order chi connectivity index (χ0) is 11.5. The number of aliphatic carboxylic acids is 1. The van der Waals surface area contributed by atoms with Crippen molar-refractivity contribution in [1.29, 1.82) is 0 Å². The van der Waals surface area contributed by atoms with Crippen LogP contribution < -0.4 is 0 Å². The zero-order valence-corrected chi connectivity index (χ0v) is 9.44. The van der Waals surface area contributed by atoms with E-state index < -0.39 is 12.0 Å². The van der Waals surface area contributed by atoms with Crippen LogP contribution in [0, 0.1) is 0 Å². The van der Waals surface area contributed by atoms with Crippen LogP contribution in [0.1, 0.15) is 28.9 Å². The van der Waals surface area contributed by atoms with Crippen LogP contribution in [0.25, 0.3) is 0 Å². The van der Waals surface area contributed by atoms with Crippen LogP contribution in [0.15, 0.2) is 11.7 Å². The average Bonchev–Trinajstić information content (AvgIpc) is 2.81. The smallest absolute Gasteiger partial charge is 0.326 e. The minimum atomic E-state index is -0.919. The minimum Gasteiger partial charge on any atom is -0.480 e. The van der Waals surface area contributed by atoms with Gasteiger partial charge >= 0.3 is 5.97 Å². The van der Waals surface area contributed by atoms with Crippen molar-refractivity contribution in [3.8, 4) is 0 Å². The van der Waals surface area contributed by atoms with Gasteiger partial charge in [-0.25, -0.2) is 4.79 Å². The molecule has 86 valence electrons. The molecule has 0 aliphatic carbocycles. The van der Waals surface area contributed by atoms with Crippen molar-refractivity contribution in [2.45, 2.75) is 25.3 Å². The molecule has 0 aromatic carbocycles. The molecule has 0 radical (unpaired) electrons. The lowest BCUT2D eigenvalue weighted by Gasteiger charge is -2.32. The molecule has 0 bridgehead atoms. The maximum Gasteiger partial charge on any atom is 0.326 e. The molecule has 0 saturated carbocycles. The number of hydrogen-bond donors (Lipinski definition) is 1. The van der Waals surface area contributed by atoms with Crippen LogP contribution >= 0.6 is 11.3 Å². The second-order valence-electron chi connectivity index (χ2n) is 3.71. The number of amides is 1. The Morgan fingerprint density at radius 2 is 2.31 bits per heavy atom. The van der Waals surface area contributed by atoms with E-state index in [-0.39, 0.29) is 5.91 Å². The van der Waals surface area contributed by atoms with Gasteiger partial charge < -0.3 is 10.0 Å². The van der Waals surface area contributed by atoms with E-state index in [1.54, 1.807) is 5.51 Å². The highest BCUT2D eigenvalue weighted by Gasteiger charge is 2.32. The molecule has 1 amide bonds. The first kappa shape index (κ1) is 11.1. The number of likely N-dealkylation sites (tertiary alicyclic amines) is 1. The van der Waals surface area contributed by atoms with Gasteiger partial charge in [-0.3, -0.25) is 9.78 Å². The van der Waals surface area contributed by atoms with E-state index in [4.69, 9.17) is 5.11 Å². The lowest BCUT2D eigenvalue weighted by molar-refractivity contribution is -0.143. The molecule has 1 N–H and O–H groups in total. The fourth-order valence-electron chi connectivity index (χ4n) is 1.89. The van der Waals surface area contributed by atoms with Gasteiger partial charge in [-0.15, -0.1) is 11.3 Å². The number of hydrogen-bond acceptors (Lipinski definition) is 4. The topological polar surface area (TPSA) is 70.5 Å². The number of carbonyl (C=O) groups is 2. The van der Waals surface area contributed by atoms with Gasteiger partial charge in [-0.1, -0.05) is 0 Å². The molecule has 0 spiro atoms.